The average Bonchev–Trinajstić information content (AvgIpc) is 3.52. The third kappa shape index (κ3) is 9.22. The van der Waals surface area contributed by atoms with E-state index < -0.39 is 11.9 Å². The minimum absolute atomic E-state index is 0.00241. The van der Waals surface area contributed by atoms with Gasteiger partial charge < -0.3 is 20.8 Å². The van der Waals surface area contributed by atoms with E-state index in [1.54, 1.807) is 13.1 Å². The van der Waals surface area contributed by atoms with E-state index in [4.69, 9.17) is 10.2 Å². The van der Waals surface area contributed by atoms with Crippen molar-refractivity contribution in [3.05, 3.63) is 205 Å². The summed E-state index contributed by atoms with van der Waals surface area (Å²) >= 11 is 0. The Bertz CT molecular complexity index is 2920. The van der Waals surface area contributed by atoms with Gasteiger partial charge in [-0.3, -0.25) is 14.6 Å². The van der Waals surface area contributed by atoms with Gasteiger partial charge in [0.25, 0.3) is 5.91 Å². The first-order valence-electron chi connectivity index (χ1n) is 19.7. The number of aromatic carboxylic acids is 2. The number of amides is 1. The van der Waals surface area contributed by atoms with Crippen LogP contribution < -0.4 is 21.1 Å². The molecule has 9 nitrogen and oxygen atoms in total. The molecule has 6 aromatic carbocycles. The fourth-order valence-corrected chi connectivity index (χ4v) is 7.64. The quantitative estimate of drug-likeness (QED) is 0.123. The van der Waals surface area contributed by atoms with Gasteiger partial charge in [0.2, 0.25) is 0 Å². The Kier molecular flexibility index (Phi) is 12.4. The number of carboxylic acids is 2. The molecule has 4 N–H and O–H groups in total. The fraction of sp³-hybridized carbons (Fsp3) is 0.118. The Morgan fingerprint density at radius 2 is 1.35 bits per heavy atom. The van der Waals surface area contributed by atoms with Crippen LogP contribution in [0.1, 0.15) is 76.5 Å². The van der Waals surface area contributed by atoms with Gasteiger partial charge in [-0.05, 0) is 149 Å². The number of aryl methyl sites for hydroxylation is 2. The zero-order chi connectivity index (χ0) is 42.2. The van der Waals surface area contributed by atoms with E-state index >= 15 is 0 Å². The monoisotopic (exact) mass is 793 g/mol. The van der Waals surface area contributed by atoms with Gasteiger partial charge in [-0.2, -0.15) is 0 Å². The number of nitrogens with one attached hydrogen (secondary N) is 2. The smallest absolute Gasteiger partial charge is 0.335 e. The third-order valence-electron chi connectivity index (χ3n) is 10.6. The molecule has 1 heterocycles. The van der Waals surface area contributed by atoms with Crippen LogP contribution in [-0.2, 0) is 12.8 Å². The summed E-state index contributed by atoms with van der Waals surface area (Å²) in [4.78, 5) is 51.5. The highest BCUT2D eigenvalue weighted by Crippen LogP contribution is 2.26. The fourth-order valence-electron chi connectivity index (χ4n) is 7.64. The molecule has 0 unspecified atom stereocenters. The van der Waals surface area contributed by atoms with Crippen molar-refractivity contribution < 1.29 is 29.4 Å². The summed E-state index contributed by atoms with van der Waals surface area (Å²) in [6, 6.07) is 39.6. The summed E-state index contributed by atoms with van der Waals surface area (Å²) in [6.07, 6.45) is 11.5. The van der Waals surface area contributed by atoms with Gasteiger partial charge in [-0.25, -0.2) is 9.59 Å². The van der Waals surface area contributed by atoms with E-state index in [0.717, 1.165) is 59.5 Å². The highest BCUT2D eigenvalue weighted by molar-refractivity contribution is 6.24. The molecule has 1 aliphatic heterocycles. The maximum atomic E-state index is 13.6. The molecule has 0 bridgehead atoms. The molecular weight excluding hydrogens is 751 g/mol. The van der Waals surface area contributed by atoms with Gasteiger partial charge in [0.1, 0.15) is 0 Å². The molecule has 0 atom stereocenters. The molecule has 0 saturated heterocycles. The van der Waals surface area contributed by atoms with Crippen LogP contribution in [0.5, 0.6) is 0 Å². The van der Waals surface area contributed by atoms with Crippen LogP contribution in [0.15, 0.2) is 145 Å². The van der Waals surface area contributed by atoms with Crippen molar-refractivity contribution >= 4 is 58.6 Å². The molecule has 3 aliphatic rings. The molecule has 60 heavy (non-hydrogen) atoms. The van der Waals surface area contributed by atoms with Gasteiger partial charge in [-0.15, -0.1) is 0 Å². The van der Waals surface area contributed by atoms with E-state index in [9.17, 15) is 19.2 Å². The second-order valence-electron chi connectivity index (χ2n) is 14.6. The Balaban J connectivity index is 0.000000184. The lowest BCUT2D eigenvalue weighted by atomic mass is 9.84. The van der Waals surface area contributed by atoms with Gasteiger partial charge in [0.15, 0.2) is 5.78 Å². The molecule has 1 amide bonds. The maximum Gasteiger partial charge on any atom is 0.335 e. The topological polar surface area (TPSA) is 145 Å². The number of anilines is 2. The molecule has 298 valence electrons. The number of hydrogen-bond acceptors (Lipinski definition) is 6. The number of aliphatic imine (C=N–C) groups is 1. The van der Waals surface area contributed by atoms with E-state index in [2.05, 4.69) is 58.1 Å². The SMILES string of the molecule is C1=CNc2ccccc2N=C1.Cc1cc(C(=O)O)cc(C(=O)O)c1.Cc1ccccc1C(=O)Nc1ccc(C(=O)C2=c3ccc4c(c3CCC2)CC=c2ccccc2=4)cc1. The van der Waals surface area contributed by atoms with E-state index in [1.807, 2.05) is 92.0 Å². The minimum Gasteiger partial charge on any atom is -0.478 e. The van der Waals surface area contributed by atoms with E-state index in [-0.39, 0.29) is 22.8 Å². The number of rotatable bonds is 6. The third-order valence-corrected chi connectivity index (χ3v) is 10.6. The maximum absolute atomic E-state index is 13.6. The van der Waals surface area contributed by atoms with Crippen LogP contribution >= 0.6 is 0 Å². The molecule has 0 radical (unpaired) electrons. The second kappa shape index (κ2) is 18.3. The Morgan fingerprint density at radius 1 is 0.667 bits per heavy atom. The molecule has 0 fully saturated rings. The summed E-state index contributed by atoms with van der Waals surface area (Å²) < 4.78 is 0. The van der Waals surface area contributed by atoms with Crippen molar-refractivity contribution in [2.24, 2.45) is 4.99 Å². The summed E-state index contributed by atoms with van der Waals surface area (Å²) in [5, 5.41) is 28.3. The Labute approximate surface area is 347 Å². The second-order valence-corrected chi connectivity index (χ2v) is 14.6. The number of Topliss-reactive ketones (excluding diaryl/α,β-unsaturated/α-hetero) is 1. The lowest BCUT2D eigenvalue weighted by Gasteiger charge is -2.20. The van der Waals surface area contributed by atoms with Crippen molar-refractivity contribution in [1.82, 2.24) is 0 Å². The van der Waals surface area contributed by atoms with Crippen LogP contribution in [-0.4, -0.2) is 40.1 Å². The van der Waals surface area contributed by atoms with Gasteiger partial charge in [0.05, 0.1) is 22.5 Å². The first-order valence-corrected chi connectivity index (χ1v) is 19.7. The largest absolute Gasteiger partial charge is 0.478 e. The van der Waals surface area contributed by atoms with Gasteiger partial charge in [-0.1, -0.05) is 72.8 Å². The van der Waals surface area contributed by atoms with Crippen molar-refractivity contribution in [3.8, 4) is 0 Å². The van der Waals surface area contributed by atoms with Gasteiger partial charge in [0, 0.05) is 34.8 Å². The average molecular weight is 794 g/mol. The van der Waals surface area contributed by atoms with Crippen molar-refractivity contribution in [2.75, 3.05) is 10.6 Å². The molecule has 0 spiro atoms. The Hall–Kier alpha value is -7.65. The van der Waals surface area contributed by atoms with Crippen molar-refractivity contribution in [2.45, 2.75) is 39.5 Å². The molecule has 9 rings (SSSR count). The minimum atomic E-state index is -1.12. The number of para-hydroxylation sites is 2. The van der Waals surface area contributed by atoms with Crippen LogP contribution in [0.25, 0.3) is 11.6 Å². The molecule has 0 aromatic heterocycles. The van der Waals surface area contributed by atoms with E-state index in [0.29, 0.717) is 22.4 Å². The summed E-state index contributed by atoms with van der Waals surface area (Å²) in [5.74, 6) is -2.31. The highest BCUT2D eigenvalue weighted by Gasteiger charge is 2.21. The summed E-state index contributed by atoms with van der Waals surface area (Å²) in [7, 11) is 0. The first kappa shape index (κ1) is 40.5. The summed E-state index contributed by atoms with van der Waals surface area (Å²) in [5.41, 5.74) is 9.16. The number of ketones is 1. The number of benzene rings is 6. The number of carbonyl (C=O) groups is 4. The van der Waals surface area contributed by atoms with Crippen molar-refractivity contribution in [1.29, 1.82) is 0 Å². The number of allylic oxidation sites excluding steroid dienone is 1. The number of hydrogen-bond donors (Lipinski definition) is 4. The first-order chi connectivity index (χ1) is 29.1. The summed E-state index contributed by atoms with van der Waals surface area (Å²) in [6.45, 7) is 3.57. The molecule has 2 aliphatic carbocycles. The molecule has 9 heteroatoms. The van der Waals surface area contributed by atoms with Crippen molar-refractivity contribution in [3.63, 3.8) is 0 Å². The highest BCUT2D eigenvalue weighted by atomic mass is 16.4. The predicted molar refractivity (Wildman–Crippen MR) is 237 cm³/mol. The number of nitrogens with zero attached hydrogens (tertiary/aromatic N) is 1. The van der Waals surface area contributed by atoms with Crippen LogP contribution in [0, 0.1) is 24.3 Å². The Morgan fingerprint density at radius 3 is 2.10 bits per heavy atom. The lowest BCUT2D eigenvalue weighted by molar-refractivity contribution is 0.0696. The number of fused-ring (bicyclic) bond motifs is 5. The van der Waals surface area contributed by atoms with Gasteiger partial charge >= 0.3 is 11.9 Å². The van der Waals surface area contributed by atoms with E-state index in [1.165, 1.54) is 38.9 Å². The van der Waals surface area contributed by atoms with Crippen LogP contribution in [0.3, 0.4) is 0 Å². The molecule has 6 aromatic rings. The molecule has 0 saturated carbocycles. The number of carbonyl (C=O) groups excluding carboxylic acids is 2. The standard InChI is InChI=1S/C33H27NO2.C9H8N2.C9H8O4/c1-21-7-2-4-9-25(21)33(36)34-24-16-13-23(14-17-24)32(35)31-12-6-11-27-29-18-15-22-8-3-5-10-26(22)28(29)19-20-30(27)31;1-2-5-9-8(4-1)10-6-3-7-11-9;1-5-2-6(8(10)11)4-7(3-5)9(12)13/h2-5,7-10,13-17,19-20H,6,11-12,18H2,1H3,(H,34,36);1-7,10H;2-4H,1H3,(H,10,11)(H,12,13). The zero-order valence-electron chi connectivity index (χ0n) is 33.2. The zero-order valence-corrected chi connectivity index (χ0v) is 33.2. The molecular formula is C51H43N3O6. The van der Waals surface area contributed by atoms with Crippen LogP contribution in [0.4, 0.5) is 17.1 Å². The predicted octanol–water partition coefficient (Wildman–Crippen LogP) is 8.96. The number of carboxylic acid groups (broad SMARTS) is 2. The van der Waals surface area contributed by atoms with Crippen LogP contribution in [0.2, 0.25) is 0 Å². The lowest BCUT2D eigenvalue weighted by Crippen LogP contribution is -2.25. The normalized spacial score (nSPS) is 12.7.